The molecule has 0 aliphatic heterocycles. The zero-order valence-electron chi connectivity index (χ0n) is 12.6. The highest BCUT2D eigenvalue weighted by Crippen LogP contribution is 2.13. The summed E-state index contributed by atoms with van der Waals surface area (Å²) >= 11 is 0. The van der Waals surface area contributed by atoms with E-state index in [1.807, 2.05) is 0 Å². The molecule has 0 spiro atoms. The van der Waals surface area contributed by atoms with Crippen LogP contribution in [0.2, 0.25) is 0 Å². The normalized spacial score (nSPS) is 18.8. The number of aryl methyl sites for hydroxylation is 1. The molecule has 0 radical (unpaired) electrons. The molecule has 1 rings (SSSR count). The molecule has 0 saturated carbocycles. The molecule has 0 aromatic heterocycles. The Bertz CT molecular complexity index is 533. The standard InChI is InChI=1S/C10H14O3S/c1-3-8-13-14(11,12)10-6-4-9(2)5-7-10/h4-7H,3,8H2,1-2H3/i1D3,8D2. The van der Waals surface area contributed by atoms with Gasteiger partial charge in [0.25, 0.3) is 10.1 Å². The van der Waals surface area contributed by atoms with Crippen LogP contribution in [0.1, 0.15) is 25.7 Å². The fourth-order valence-corrected chi connectivity index (χ4v) is 1.64. The van der Waals surface area contributed by atoms with Gasteiger partial charge in [0.05, 0.1) is 14.2 Å². The summed E-state index contributed by atoms with van der Waals surface area (Å²) in [6.07, 6.45) is -1.01. The molecule has 14 heavy (non-hydrogen) atoms. The van der Waals surface area contributed by atoms with Gasteiger partial charge >= 0.3 is 0 Å². The number of hydrogen-bond donors (Lipinski definition) is 0. The van der Waals surface area contributed by atoms with Crippen LogP contribution in [-0.2, 0) is 14.3 Å². The first-order valence-corrected chi connectivity index (χ1v) is 5.34. The molecular weight excluding hydrogens is 200 g/mol. The largest absolute Gasteiger partial charge is 0.296 e. The van der Waals surface area contributed by atoms with Crippen molar-refractivity contribution in [3.63, 3.8) is 0 Å². The third kappa shape index (κ3) is 2.82. The molecule has 0 aliphatic carbocycles. The second kappa shape index (κ2) is 4.57. The lowest BCUT2D eigenvalue weighted by Crippen LogP contribution is -2.06. The zero-order valence-corrected chi connectivity index (χ0v) is 8.47. The average molecular weight is 219 g/mol. The minimum atomic E-state index is -4.33. The number of benzene rings is 1. The Kier molecular flexibility index (Phi) is 1.92. The smallest absolute Gasteiger partial charge is 0.266 e. The van der Waals surface area contributed by atoms with E-state index in [9.17, 15) is 8.42 Å². The SMILES string of the molecule is [2H]C([2H])([2H])CC([2H])([2H])OS(=O)(=O)c1ccc(C)cc1. The van der Waals surface area contributed by atoms with Gasteiger partial charge in [-0.2, -0.15) is 8.42 Å². The van der Waals surface area contributed by atoms with E-state index in [0.717, 1.165) is 5.56 Å². The van der Waals surface area contributed by atoms with Gasteiger partial charge in [-0.05, 0) is 25.5 Å². The van der Waals surface area contributed by atoms with E-state index in [2.05, 4.69) is 4.18 Å². The molecule has 0 unspecified atom stereocenters. The van der Waals surface area contributed by atoms with E-state index in [4.69, 9.17) is 6.85 Å². The van der Waals surface area contributed by atoms with Gasteiger partial charge < -0.3 is 0 Å². The molecule has 0 fully saturated rings. The van der Waals surface area contributed by atoms with Gasteiger partial charge in [0.2, 0.25) is 0 Å². The molecule has 0 atom stereocenters. The second-order valence-corrected chi connectivity index (χ2v) is 4.22. The van der Waals surface area contributed by atoms with Gasteiger partial charge in [-0.3, -0.25) is 4.18 Å². The molecule has 0 aliphatic rings. The molecule has 4 heteroatoms. The summed E-state index contributed by atoms with van der Waals surface area (Å²) in [6.45, 7) is -3.63. The van der Waals surface area contributed by atoms with Gasteiger partial charge in [0.15, 0.2) is 0 Å². The summed E-state index contributed by atoms with van der Waals surface area (Å²) in [5, 5.41) is 0. The van der Waals surface area contributed by atoms with E-state index < -0.39 is 29.9 Å². The molecule has 1 aromatic rings. The van der Waals surface area contributed by atoms with E-state index >= 15 is 0 Å². The molecule has 1 aromatic carbocycles. The van der Waals surface area contributed by atoms with Crippen molar-refractivity contribution in [2.75, 3.05) is 6.56 Å². The van der Waals surface area contributed by atoms with Crippen LogP contribution in [-0.4, -0.2) is 15.0 Å². The molecule has 0 heterocycles. The fourth-order valence-electron chi connectivity index (χ4n) is 0.860. The summed E-state index contributed by atoms with van der Waals surface area (Å²) in [4.78, 5) is -0.215. The average Bonchev–Trinajstić information content (AvgIpc) is 2.11. The van der Waals surface area contributed by atoms with Crippen molar-refractivity contribution in [3.05, 3.63) is 29.8 Å². The first-order chi connectivity index (χ1) is 8.41. The summed E-state index contributed by atoms with van der Waals surface area (Å²) in [6, 6.07) is 5.62. The Morgan fingerprint density at radius 2 is 2.07 bits per heavy atom. The Hall–Kier alpha value is -0.870. The summed E-state index contributed by atoms with van der Waals surface area (Å²) in [5.41, 5.74) is 0.837. The van der Waals surface area contributed by atoms with Crippen LogP contribution in [0.4, 0.5) is 0 Å². The molecule has 0 bridgehead atoms. The number of rotatable bonds is 4. The van der Waals surface area contributed by atoms with Crippen LogP contribution in [0.15, 0.2) is 29.2 Å². The summed E-state index contributed by atoms with van der Waals surface area (Å²) in [7, 11) is -4.33. The molecule has 3 nitrogen and oxygen atoms in total. The minimum Gasteiger partial charge on any atom is -0.266 e. The van der Waals surface area contributed by atoms with Crippen molar-refractivity contribution in [2.24, 2.45) is 0 Å². The van der Waals surface area contributed by atoms with E-state index in [-0.39, 0.29) is 4.90 Å². The Morgan fingerprint density at radius 1 is 1.43 bits per heavy atom. The van der Waals surface area contributed by atoms with Crippen molar-refractivity contribution in [2.45, 2.75) is 25.1 Å². The maximum Gasteiger partial charge on any atom is 0.296 e. The summed E-state index contributed by atoms with van der Waals surface area (Å²) < 4.78 is 63.5. The topological polar surface area (TPSA) is 43.4 Å². The minimum absolute atomic E-state index is 0.215. The van der Waals surface area contributed by atoms with Crippen LogP contribution < -0.4 is 0 Å². The zero-order chi connectivity index (χ0) is 14.9. The summed E-state index contributed by atoms with van der Waals surface area (Å²) in [5.74, 6) is 0. The lowest BCUT2D eigenvalue weighted by molar-refractivity contribution is 0.318. The third-order valence-electron chi connectivity index (χ3n) is 1.55. The molecule has 0 saturated heterocycles. The molecular formula is C10H14O3S. The Balaban J connectivity index is 2.94. The van der Waals surface area contributed by atoms with E-state index in [1.54, 1.807) is 6.92 Å². The van der Waals surface area contributed by atoms with E-state index in [1.165, 1.54) is 24.3 Å². The quantitative estimate of drug-likeness (QED) is 0.728. The van der Waals surface area contributed by atoms with Crippen LogP contribution >= 0.6 is 0 Å². The Labute approximate surface area is 91.9 Å². The lowest BCUT2D eigenvalue weighted by atomic mass is 10.2. The fraction of sp³-hybridized carbons (Fsp3) is 0.400. The van der Waals surface area contributed by atoms with Gasteiger partial charge in [-0.25, -0.2) is 0 Å². The maximum absolute atomic E-state index is 11.8. The predicted octanol–water partition coefficient (Wildman–Crippen LogP) is 2.11. The molecule has 0 N–H and O–H groups in total. The van der Waals surface area contributed by atoms with Crippen LogP contribution in [0.5, 0.6) is 0 Å². The van der Waals surface area contributed by atoms with Crippen molar-refractivity contribution < 1.29 is 19.5 Å². The molecule has 78 valence electrons. The number of hydrogen-bond acceptors (Lipinski definition) is 3. The predicted molar refractivity (Wildman–Crippen MR) is 54.6 cm³/mol. The second-order valence-electron chi connectivity index (χ2n) is 2.67. The highest BCUT2D eigenvalue weighted by Gasteiger charge is 2.13. The van der Waals surface area contributed by atoms with Gasteiger partial charge in [-0.1, -0.05) is 24.5 Å². The van der Waals surface area contributed by atoms with Gasteiger partial charge in [0.1, 0.15) is 0 Å². The van der Waals surface area contributed by atoms with Gasteiger partial charge in [0, 0.05) is 4.11 Å². The van der Waals surface area contributed by atoms with Crippen LogP contribution in [0.25, 0.3) is 0 Å². The van der Waals surface area contributed by atoms with Gasteiger partial charge in [-0.15, -0.1) is 0 Å². The third-order valence-corrected chi connectivity index (χ3v) is 2.74. The highest BCUT2D eigenvalue weighted by molar-refractivity contribution is 7.86. The maximum atomic E-state index is 11.8. The first-order valence-electron chi connectivity index (χ1n) is 6.44. The van der Waals surface area contributed by atoms with Crippen LogP contribution in [0, 0.1) is 6.92 Å². The van der Waals surface area contributed by atoms with E-state index in [0.29, 0.717) is 0 Å². The Morgan fingerprint density at radius 3 is 2.64 bits per heavy atom. The van der Waals surface area contributed by atoms with Crippen molar-refractivity contribution in [1.29, 1.82) is 0 Å². The van der Waals surface area contributed by atoms with Crippen LogP contribution in [0.3, 0.4) is 0 Å². The molecule has 0 amide bonds. The van der Waals surface area contributed by atoms with Crippen molar-refractivity contribution >= 4 is 10.1 Å². The van der Waals surface area contributed by atoms with Crippen molar-refractivity contribution in [1.82, 2.24) is 0 Å². The lowest BCUT2D eigenvalue weighted by Gasteiger charge is -2.04. The monoisotopic (exact) mass is 219 g/mol. The highest BCUT2D eigenvalue weighted by atomic mass is 32.2. The first kappa shape index (κ1) is 5.88. The van der Waals surface area contributed by atoms with Crippen molar-refractivity contribution in [3.8, 4) is 0 Å².